The van der Waals surface area contributed by atoms with Crippen LogP contribution in [-0.4, -0.2) is 37.6 Å². The number of nitrogens with one attached hydrogen (secondary N) is 1. The molecule has 0 atom stereocenters. The number of carbonyl (C=O) groups excluding carboxylic acids is 1. The summed E-state index contributed by atoms with van der Waals surface area (Å²) in [4.78, 5) is 12.0. The Bertz CT molecular complexity index is 594. The van der Waals surface area contributed by atoms with Gasteiger partial charge in [0.15, 0.2) is 0 Å². The number of amides is 1. The lowest BCUT2D eigenvalue weighted by molar-refractivity contribution is -0.903. The van der Waals surface area contributed by atoms with Crippen LogP contribution in [0.25, 0.3) is 0 Å². The van der Waals surface area contributed by atoms with Gasteiger partial charge in [-0.3, -0.25) is 4.79 Å². The summed E-state index contributed by atoms with van der Waals surface area (Å²) in [5.41, 5.74) is 1.11. The van der Waals surface area contributed by atoms with Crippen molar-refractivity contribution < 1.29 is 21.7 Å². The summed E-state index contributed by atoms with van der Waals surface area (Å²) in [7, 11) is 4.38. The quantitative estimate of drug-likeness (QED) is 0.282. The molecule has 0 fully saturated rings. The Labute approximate surface area is 200 Å². The summed E-state index contributed by atoms with van der Waals surface area (Å²) in [6.45, 7) is 4.83. The van der Waals surface area contributed by atoms with Gasteiger partial charge in [0, 0.05) is 30.0 Å². The zero-order valence-corrected chi connectivity index (χ0v) is 21.4. The highest BCUT2D eigenvalue weighted by molar-refractivity contribution is 6.35. The molecular weight excluding hydrogens is 439 g/mol. The van der Waals surface area contributed by atoms with Gasteiger partial charge < -0.3 is 22.2 Å². The second-order valence-electron chi connectivity index (χ2n) is 8.84. The molecule has 1 N–H and O–H groups in total. The van der Waals surface area contributed by atoms with E-state index in [9.17, 15) is 4.79 Å². The van der Waals surface area contributed by atoms with Crippen LogP contribution in [0.2, 0.25) is 10.0 Å². The Morgan fingerprint density at radius 2 is 1.53 bits per heavy atom. The molecule has 0 unspecified atom stereocenters. The van der Waals surface area contributed by atoms with Gasteiger partial charge in [-0.2, -0.15) is 0 Å². The van der Waals surface area contributed by atoms with Gasteiger partial charge in [-0.1, -0.05) is 87.6 Å². The lowest BCUT2D eigenvalue weighted by atomic mass is 10.1. The van der Waals surface area contributed by atoms with Crippen LogP contribution in [-0.2, 0) is 11.3 Å². The number of nitrogens with zero attached hydrogens (tertiary/aromatic N) is 1. The number of carbonyl (C=O) groups is 1. The van der Waals surface area contributed by atoms with Crippen molar-refractivity contribution >= 4 is 29.1 Å². The number of halogens is 3. The second-order valence-corrected chi connectivity index (χ2v) is 9.68. The molecule has 0 aliphatic carbocycles. The fourth-order valence-electron chi connectivity index (χ4n) is 3.61. The molecule has 0 saturated heterocycles. The second kappa shape index (κ2) is 17.1. The van der Waals surface area contributed by atoms with Gasteiger partial charge in [0.2, 0.25) is 5.91 Å². The number of hydrogen-bond donors (Lipinski definition) is 1. The molecule has 0 aliphatic rings. The Balaban J connectivity index is 0.00000841. The number of benzene rings is 1. The molecule has 3 nitrogen and oxygen atoms in total. The Kier molecular flexibility index (Phi) is 16.8. The molecule has 0 aromatic heterocycles. The Morgan fingerprint density at radius 3 is 2.13 bits per heavy atom. The first-order valence-electron chi connectivity index (χ1n) is 11.4. The molecule has 0 radical (unpaired) electrons. The van der Waals surface area contributed by atoms with Crippen molar-refractivity contribution in [3.05, 3.63) is 33.8 Å². The van der Waals surface area contributed by atoms with E-state index in [0.29, 0.717) is 11.4 Å². The number of quaternary nitrogens is 1. The third-order valence-corrected chi connectivity index (χ3v) is 5.97. The summed E-state index contributed by atoms with van der Waals surface area (Å²) in [5, 5.41) is 4.46. The summed E-state index contributed by atoms with van der Waals surface area (Å²) in [6, 6.07) is 5.68. The van der Waals surface area contributed by atoms with E-state index < -0.39 is 0 Å². The molecule has 174 valence electrons. The lowest BCUT2D eigenvalue weighted by Gasteiger charge is -2.30. The monoisotopic (exact) mass is 478 g/mol. The normalized spacial score (nSPS) is 11.2. The number of hydrogen-bond acceptors (Lipinski definition) is 1. The molecule has 1 aromatic rings. The van der Waals surface area contributed by atoms with Crippen LogP contribution in [0.1, 0.15) is 83.1 Å². The average Bonchev–Trinajstić information content (AvgIpc) is 2.66. The Morgan fingerprint density at radius 1 is 0.933 bits per heavy atom. The van der Waals surface area contributed by atoms with Crippen molar-refractivity contribution in [3.63, 3.8) is 0 Å². The number of rotatable bonds is 16. The van der Waals surface area contributed by atoms with Crippen LogP contribution >= 0.6 is 23.2 Å². The van der Waals surface area contributed by atoms with E-state index in [1.807, 2.05) is 12.1 Å². The fourth-order valence-corrected chi connectivity index (χ4v) is 4.08. The minimum absolute atomic E-state index is 0. The van der Waals surface area contributed by atoms with Crippen molar-refractivity contribution in [2.45, 2.75) is 84.1 Å². The minimum Gasteiger partial charge on any atom is -1.00 e. The molecule has 1 aromatic carbocycles. The van der Waals surface area contributed by atoms with Gasteiger partial charge in [0.25, 0.3) is 0 Å². The SMILES string of the molecule is CCCCCCCCCCCC(=O)NCCC[N+](C)(C)Cc1ccc(Cl)cc1Cl.[Cl-]. The first-order valence-corrected chi connectivity index (χ1v) is 12.1. The smallest absolute Gasteiger partial charge is 0.219 e. The van der Waals surface area contributed by atoms with Crippen molar-refractivity contribution in [1.82, 2.24) is 5.32 Å². The van der Waals surface area contributed by atoms with E-state index in [1.165, 1.54) is 51.4 Å². The van der Waals surface area contributed by atoms with Crippen LogP contribution in [0.5, 0.6) is 0 Å². The maximum absolute atomic E-state index is 12.0. The highest BCUT2D eigenvalue weighted by atomic mass is 35.5. The Hall–Kier alpha value is -0.480. The van der Waals surface area contributed by atoms with E-state index >= 15 is 0 Å². The topological polar surface area (TPSA) is 29.1 Å². The predicted molar refractivity (Wildman–Crippen MR) is 127 cm³/mol. The van der Waals surface area contributed by atoms with E-state index in [2.05, 4.69) is 26.3 Å². The van der Waals surface area contributed by atoms with Gasteiger partial charge in [-0.05, 0) is 18.6 Å². The molecule has 0 spiro atoms. The summed E-state index contributed by atoms with van der Waals surface area (Å²) >= 11 is 12.3. The van der Waals surface area contributed by atoms with Gasteiger partial charge >= 0.3 is 0 Å². The van der Waals surface area contributed by atoms with Crippen LogP contribution in [0.4, 0.5) is 0 Å². The highest BCUT2D eigenvalue weighted by Gasteiger charge is 2.17. The maximum Gasteiger partial charge on any atom is 0.219 e. The third-order valence-electron chi connectivity index (χ3n) is 5.38. The van der Waals surface area contributed by atoms with E-state index in [1.54, 1.807) is 6.07 Å². The number of unbranched alkanes of at least 4 members (excludes halogenated alkanes) is 8. The zero-order valence-electron chi connectivity index (χ0n) is 19.1. The first-order chi connectivity index (χ1) is 13.8. The van der Waals surface area contributed by atoms with Gasteiger partial charge in [-0.25, -0.2) is 0 Å². The fraction of sp³-hybridized carbons (Fsp3) is 0.708. The van der Waals surface area contributed by atoms with E-state index in [-0.39, 0.29) is 18.3 Å². The third kappa shape index (κ3) is 14.5. The standard InChI is InChI=1S/C24H40Cl2N2O.ClH/c1-4-5-6-7-8-9-10-11-12-14-24(29)27-17-13-18-28(2,3)20-21-15-16-22(25)19-23(21)26;/h15-16,19H,4-14,17-18,20H2,1-3H3;1H. The lowest BCUT2D eigenvalue weighted by Crippen LogP contribution is -3.00. The molecule has 1 rings (SSSR count). The van der Waals surface area contributed by atoms with Crippen molar-refractivity contribution in [2.24, 2.45) is 0 Å². The molecule has 0 aliphatic heterocycles. The highest BCUT2D eigenvalue weighted by Crippen LogP contribution is 2.23. The molecule has 30 heavy (non-hydrogen) atoms. The van der Waals surface area contributed by atoms with Crippen LogP contribution in [0.15, 0.2) is 18.2 Å². The van der Waals surface area contributed by atoms with Gasteiger partial charge in [0.05, 0.1) is 25.7 Å². The van der Waals surface area contributed by atoms with Crippen molar-refractivity contribution in [1.29, 1.82) is 0 Å². The predicted octanol–water partition coefficient (Wildman–Crippen LogP) is 4.00. The summed E-state index contributed by atoms with van der Waals surface area (Å²) in [6.07, 6.45) is 13.2. The zero-order chi connectivity index (χ0) is 21.5. The first kappa shape index (κ1) is 29.5. The maximum atomic E-state index is 12.0. The molecule has 0 saturated carbocycles. The average molecular weight is 480 g/mol. The molecule has 0 heterocycles. The minimum atomic E-state index is 0. The van der Waals surface area contributed by atoms with Crippen LogP contribution < -0.4 is 17.7 Å². The van der Waals surface area contributed by atoms with Crippen LogP contribution in [0.3, 0.4) is 0 Å². The van der Waals surface area contributed by atoms with Crippen molar-refractivity contribution in [2.75, 3.05) is 27.2 Å². The van der Waals surface area contributed by atoms with Gasteiger partial charge in [0.1, 0.15) is 6.54 Å². The summed E-state index contributed by atoms with van der Waals surface area (Å²) < 4.78 is 0.829. The molecular formula is C24H41Cl3N2O. The van der Waals surface area contributed by atoms with Crippen molar-refractivity contribution in [3.8, 4) is 0 Å². The van der Waals surface area contributed by atoms with Crippen LogP contribution in [0, 0.1) is 0 Å². The molecule has 0 bridgehead atoms. The van der Waals surface area contributed by atoms with Gasteiger partial charge in [-0.15, -0.1) is 0 Å². The largest absolute Gasteiger partial charge is 1.00 e. The van der Waals surface area contributed by atoms with E-state index in [4.69, 9.17) is 23.2 Å². The molecule has 6 heteroatoms. The van der Waals surface area contributed by atoms with E-state index in [0.717, 1.165) is 47.5 Å². The summed E-state index contributed by atoms with van der Waals surface area (Å²) in [5.74, 6) is 0.194. The molecule has 1 amide bonds.